The summed E-state index contributed by atoms with van der Waals surface area (Å²) in [6.07, 6.45) is 4.88. The minimum atomic E-state index is -3.80. The van der Waals surface area contributed by atoms with Gasteiger partial charge < -0.3 is 9.64 Å². The van der Waals surface area contributed by atoms with Gasteiger partial charge in [-0.2, -0.15) is 0 Å². The lowest BCUT2D eigenvalue weighted by Gasteiger charge is -2.47. The number of sulfone groups is 2. The molecule has 2 heterocycles. The number of ether oxygens (including phenoxy) is 1. The van der Waals surface area contributed by atoms with Crippen molar-refractivity contribution in [1.29, 1.82) is 0 Å². The number of carbonyl (C=O) groups excluding carboxylic acids is 1. The van der Waals surface area contributed by atoms with E-state index in [2.05, 4.69) is 4.90 Å². The molecule has 3 aromatic carbocycles. The Morgan fingerprint density at radius 1 is 0.865 bits per heavy atom. The topological polar surface area (TPSA) is 117 Å². The SMILES string of the molecule is CC1(c2ccc(Cl)cc2)N=C(c2cc(S(C)(=O)=O)c(Cl)cc2OCC2CC2)N(C(=O)N2CCN(CCCS(C)(=O)=O)CC2)C1(C)c1ccc(Cl)cc1. The number of carbonyl (C=O) groups is 1. The highest BCUT2D eigenvalue weighted by molar-refractivity contribution is 7.91. The summed E-state index contributed by atoms with van der Waals surface area (Å²) in [4.78, 5) is 26.1. The normalized spacial score (nSPS) is 22.8. The van der Waals surface area contributed by atoms with Gasteiger partial charge in [0.05, 0.1) is 27.8 Å². The van der Waals surface area contributed by atoms with E-state index in [1.165, 1.54) is 18.4 Å². The second-order valence-electron chi connectivity index (χ2n) is 14.3. The molecule has 0 N–H and O–H groups in total. The van der Waals surface area contributed by atoms with Crippen molar-refractivity contribution in [1.82, 2.24) is 14.7 Å². The standard InChI is InChI=1S/C37H43Cl3N4O6S2/c1-36(26-8-12-28(38)13-9-26)37(2,27-10-14-29(39)15-11-27)44(35(45)43-19-17-42(18-20-43)16-5-21-51(3,46)47)34(41-36)30-22-33(52(4,48)49)31(40)23-32(30)50-24-25-6-7-25/h8-15,22-23,25H,5-7,16-21,24H2,1-4H3. The number of rotatable bonds is 11. The van der Waals surface area contributed by atoms with Crippen LogP contribution in [0, 0.1) is 5.92 Å². The van der Waals surface area contributed by atoms with Crippen LogP contribution in [0.3, 0.4) is 0 Å². The number of nitrogens with zero attached hydrogens (tertiary/aromatic N) is 4. The van der Waals surface area contributed by atoms with E-state index in [0.29, 0.717) is 73.0 Å². The van der Waals surface area contributed by atoms with Gasteiger partial charge >= 0.3 is 6.03 Å². The lowest BCUT2D eigenvalue weighted by Crippen LogP contribution is -2.60. The molecule has 2 amide bonds. The first-order chi connectivity index (χ1) is 24.4. The quantitative estimate of drug-likeness (QED) is 0.207. The van der Waals surface area contributed by atoms with Crippen molar-refractivity contribution in [2.45, 2.75) is 49.1 Å². The summed E-state index contributed by atoms with van der Waals surface area (Å²) in [5, 5.41) is 1.08. The highest BCUT2D eigenvalue weighted by Crippen LogP contribution is 2.54. The van der Waals surface area contributed by atoms with Crippen LogP contribution < -0.4 is 4.74 Å². The zero-order valence-electron chi connectivity index (χ0n) is 29.6. The molecule has 2 unspecified atom stereocenters. The molecule has 1 saturated carbocycles. The van der Waals surface area contributed by atoms with Crippen molar-refractivity contribution >= 4 is 66.3 Å². The first-order valence-corrected chi connectivity index (χ1v) is 22.3. The first-order valence-electron chi connectivity index (χ1n) is 17.2. The Bertz CT molecular complexity index is 2090. The third kappa shape index (κ3) is 7.98. The van der Waals surface area contributed by atoms with Crippen molar-refractivity contribution in [3.05, 3.63) is 92.4 Å². The summed E-state index contributed by atoms with van der Waals surface area (Å²) >= 11 is 19.4. The molecule has 2 atom stereocenters. The lowest BCUT2D eigenvalue weighted by atomic mass is 9.71. The fraction of sp³-hybridized carbons (Fsp3) is 0.459. The fourth-order valence-corrected chi connectivity index (χ4v) is 9.25. The summed E-state index contributed by atoms with van der Waals surface area (Å²) in [6, 6.07) is 17.3. The second-order valence-corrected chi connectivity index (χ2v) is 19.9. The number of amidine groups is 1. The van der Waals surface area contributed by atoms with Crippen LogP contribution >= 0.6 is 34.8 Å². The van der Waals surface area contributed by atoms with Gasteiger partial charge in [0.2, 0.25) is 0 Å². The first kappa shape index (κ1) is 38.8. The van der Waals surface area contributed by atoms with Crippen molar-refractivity contribution in [3.8, 4) is 5.75 Å². The molecule has 3 aromatic rings. The largest absolute Gasteiger partial charge is 0.492 e. The smallest absolute Gasteiger partial charge is 0.326 e. The van der Waals surface area contributed by atoms with Crippen LogP contribution in [0.5, 0.6) is 5.75 Å². The Morgan fingerprint density at radius 3 is 1.98 bits per heavy atom. The summed E-state index contributed by atoms with van der Waals surface area (Å²) < 4.78 is 55.9. The van der Waals surface area contributed by atoms with E-state index in [-0.39, 0.29) is 27.5 Å². The van der Waals surface area contributed by atoms with Crippen LogP contribution in [0.1, 0.15) is 49.8 Å². The predicted octanol–water partition coefficient (Wildman–Crippen LogP) is 6.90. The Balaban J connectivity index is 1.51. The van der Waals surface area contributed by atoms with Crippen molar-refractivity contribution in [2.24, 2.45) is 10.9 Å². The molecule has 10 nitrogen and oxygen atoms in total. The molecular weight excluding hydrogens is 767 g/mol. The summed E-state index contributed by atoms with van der Waals surface area (Å²) in [7, 11) is -6.88. The van der Waals surface area contributed by atoms with Gasteiger partial charge in [-0.3, -0.25) is 14.8 Å². The van der Waals surface area contributed by atoms with Gasteiger partial charge in [-0.25, -0.2) is 21.6 Å². The van der Waals surface area contributed by atoms with E-state index in [1.807, 2.05) is 38.1 Å². The monoisotopic (exact) mass is 808 g/mol. The van der Waals surface area contributed by atoms with Gasteiger partial charge in [-0.1, -0.05) is 59.1 Å². The van der Waals surface area contributed by atoms with E-state index < -0.39 is 30.8 Å². The summed E-state index contributed by atoms with van der Waals surface area (Å²) in [6.45, 7) is 6.80. The number of piperazine rings is 1. The van der Waals surface area contributed by atoms with Crippen LogP contribution in [0.4, 0.5) is 4.79 Å². The Morgan fingerprint density at radius 2 is 1.44 bits per heavy atom. The molecule has 280 valence electrons. The van der Waals surface area contributed by atoms with E-state index in [0.717, 1.165) is 30.2 Å². The molecule has 1 saturated heterocycles. The predicted molar refractivity (Wildman–Crippen MR) is 207 cm³/mol. The Hall–Kier alpha value is -2.87. The second kappa shape index (κ2) is 14.8. The molecular formula is C37H43Cl3N4O6S2. The minimum absolute atomic E-state index is 0.0152. The van der Waals surface area contributed by atoms with Gasteiger partial charge in [-0.15, -0.1) is 0 Å². The van der Waals surface area contributed by atoms with Gasteiger partial charge in [0.15, 0.2) is 9.84 Å². The number of amides is 2. The molecule has 0 bridgehead atoms. The van der Waals surface area contributed by atoms with E-state index >= 15 is 4.79 Å². The number of aliphatic imine (C=N–C) groups is 1. The van der Waals surface area contributed by atoms with Gasteiger partial charge in [-0.05, 0) is 87.0 Å². The van der Waals surface area contributed by atoms with Crippen molar-refractivity contribution in [3.63, 3.8) is 0 Å². The van der Waals surface area contributed by atoms with Gasteiger partial charge in [0.25, 0.3) is 0 Å². The van der Waals surface area contributed by atoms with Crippen LogP contribution in [-0.2, 0) is 30.8 Å². The zero-order chi connectivity index (χ0) is 37.6. The van der Waals surface area contributed by atoms with Crippen molar-refractivity contribution < 1.29 is 26.4 Å². The molecule has 52 heavy (non-hydrogen) atoms. The molecule has 15 heteroatoms. The number of hydrogen-bond donors (Lipinski definition) is 0. The van der Waals surface area contributed by atoms with E-state index in [9.17, 15) is 16.8 Å². The van der Waals surface area contributed by atoms with Crippen molar-refractivity contribution in [2.75, 3.05) is 57.6 Å². The number of benzene rings is 3. The Labute approximate surface area is 321 Å². The third-order valence-corrected chi connectivity index (χ3v) is 13.5. The molecule has 6 rings (SSSR count). The van der Waals surface area contributed by atoms with Gasteiger partial charge in [0.1, 0.15) is 32.5 Å². The van der Waals surface area contributed by atoms with Crippen LogP contribution in [0.15, 0.2) is 70.6 Å². The van der Waals surface area contributed by atoms with Crippen LogP contribution in [-0.4, -0.2) is 101 Å². The zero-order valence-corrected chi connectivity index (χ0v) is 33.5. The van der Waals surface area contributed by atoms with Crippen LogP contribution in [0.2, 0.25) is 15.1 Å². The van der Waals surface area contributed by atoms with Crippen LogP contribution in [0.25, 0.3) is 0 Å². The minimum Gasteiger partial charge on any atom is -0.492 e. The molecule has 1 aliphatic carbocycles. The van der Waals surface area contributed by atoms with E-state index in [1.54, 1.807) is 34.1 Å². The third-order valence-electron chi connectivity index (χ3n) is 10.4. The highest BCUT2D eigenvalue weighted by Gasteiger charge is 2.60. The summed E-state index contributed by atoms with van der Waals surface area (Å²) in [5.41, 5.74) is -0.476. The lowest BCUT2D eigenvalue weighted by molar-refractivity contribution is 0.0868. The number of halogens is 3. The molecule has 2 aliphatic heterocycles. The van der Waals surface area contributed by atoms with E-state index in [4.69, 9.17) is 44.5 Å². The fourth-order valence-electron chi connectivity index (χ4n) is 7.03. The number of hydrogen-bond acceptors (Lipinski definition) is 8. The highest BCUT2D eigenvalue weighted by atomic mass is 35.5. The maximum absolute atomic E-state index is 15.2. The molecule has 0 radical (unpaired) electrons. The average molecular weight is 810 g/mol. The molecule has 2 fully saturated rings. The Kier molecular flexibility index (Phi) is 11.0. The number of urea groups is 1. The van der Waals surface area contributed by atoms with Gasteiger partial charge in [0, 0.05) is 54.8 Å². The molecule has 0 aromatic heterocycles. The molecule has 0 spiro atoms. The maximum atomic E-state index is 15.2. The summed E-state index contributed by atoms with van der Waals surface area (Å²) in [5.74, 6) is 1.04. The maximum Gasteiger partial charge on any atom is 0.326 e. The average Bonchev–Trinajstić information content (AvgIpc) is 3.87. The molecule has 3 aliphatic rings.